The first-order valence-corrected chi connectivity index (χ1v) is 7.67. The highest BCUT2D eigenvalue weighted by Crippen LogP contribution is 2.38. The van der Waals surface area contributed by atoms with Crippen LogP contribution in [0.25, 0.3) is 5.57 Å². The van der Waals surface area contributed by atoms with Gasteiger partial charge in [0, 0.05) is 12.2 Å². The fraction of sp³-hybridized carbons (Fsp3) is 0.500. The topological polar surface area (TPSA) is 15.6 Å². The lowest BCUT2D eigenvalue weighted by Gasteiger charge is -2.35. The summed E-state index contributed by atoms with van der Waals surface area (Å²) in [5, 5.41) is 0. The van der Waals surface area contributed by atoms with Crippen molar-refractivity contribution in [2.45, 2.75) is 52.0 Å². The van der Waals surface area contributed by atoms with Gasteiger partial charge in [-0.3, -0.25) is 4.99 Å². The van der Waals surface area contributed by atoms with E-state index in [-0.39, 0.29) is 5.54 Å². The van der Waals surface area contributed by atoms with E-state index < -0.39 is 0 Å². The summed E-state index contributed by atoms with van der Waals surface area (Å²) in [6.07, 6.45) is 6.83. The van der Waals surface area contributed by atoms with Crippen LogP contribution < -0.4 is 0 Å². The molecule has 106 valence electrons. The van der Waals surface area contributed by atoms with Gasteiger partial charge in [0.15, 0.2) is 0 Å². The lowest BCUT2D eigenvalue weighted by molar-refractivity contribution is 0.455. The molecule has 0 saturated carbocycles. The average Bonchev–Trinajstić information content (AvgIpc) is 2.44. The number of benzene rings is 1. The van der Waals surface area contributed by atoms with Gasteiger partial charge in [-0.1, -0.05) is 24.3 Å². The van der Waals surface area contributed by atoms with Gasteiger partial charge in [0.1, 0.15) is 0 Å². The standard InChI is InChI=1S/C18H24N2/c1-18(2,3)19-13-20-12-6-9-16-15-8-5-4-7-14(15)10-11-17(16)20/h4-5,7-8,13H,6,9-12H2,1-3H3. The SMILES string of the molecule is CC(C)(C)N=CN1CCCC2=C1CCc1ccccc12. The van der Waals surface area contributed by atoms with Gasteiger partial charge in [-0.25, -0.2) is 0 Å². The van der Waals surface area contributed by atoms with Crippen LogP contribution >= 0.6 is 0 Å². The maximum Gasteiger partial charge on any atom is 0.0898 e. The van der Waals surface area contributed by atoms with Crippen molar-refractivity contribution in [1.82, 2.24) is 4.90 Å². The van der Waals surface area contributed by atoms with Crippen molar-refractivity contribution in [3.8, 4) is 0 Å². The Kier molecular flexibility index (Phi) is 3.41. The second kappa shape index (κ2) is 5.08. The lowest BCUT2D eigenvalue weighted by Crippen LogP contribution is -2.30. The second-order valence-electron chi connectivity index (χ2n) is 6.79. The first-order chi connectivity index (χ1) is 9.54. The first-order valence-electron chi connectivity index (χ1n) is 7.67. The Morgan fingerprint density at radius 2 is 1.90 bits per heavy atom. The van der Waals surface area contributed by atoms with Crippen molar-refractivity contribution in [3.63, 3.8) is 0 Å². The van der Waals surface area contributed by atoms with Crippen molar-refractivity contribution in [2.24, 2.45) is 4.99 Å². The van der Waals surface area contributed by atoms with Crippen molar-refractivity contribution >= 4 is 11.9 Å². The van der Waals surface area contributed by atoms with E-state index in [4.69, 9.17) is 4.99 Å². The molecule has 3 rings (SSSR count). The Balaban J connectivity index is 1.96. The molecule has 0 saturated heterocycles. The molecule has 1 aromatic carbocycles. The number of fused-ring (bicyclic) bond motifs is 2. The minimum absolute atomic E-state index is 0.00471. The third kappa shape index (κ3) is 2.65. The molecule has 0 radical (unpaired) electrons. The van der Waals surface area contributed by atoms with E-state index in [0.717, 1.165) is 19.4 Å². The van der Waals surface area contributed by atoms with E-state index in [1.807, 2.05) is 0 Å². The maximum atomic E-state index is 4.69. The molecule has 0 unspecified atom stereocenters. The third-order valence-electron chi connectivity index (χ3n) is 4.08. The number of allylic oxidation sites excluding steroid dienone is 2. The van der Waals surface area contributed by atoms with Crippen LogP contribution in [0.5, 0.6) is 0 Å². The van der Waals surface area contributed by atoms with Crippen molar-refractivity contribution in [1.29, 1.82) is 0 Å². The Hall–Kier alpha value is -1.57. The van der Waals surface area contributed by atoms with Gasteiger partial charge in [0.25, 0.3) is 0 Å². The Morgan fingerprint density at radius 1 is 1.10 bits per heavy atom. The molecule has 0 N–H and O–H groups in total. The summed E-state index contributed by atoms with van der Waals surface area (Å²) in [5.41, 5.74) is 6.05. The lowest BCUT2D eigenvalue weighted by atomic mass is 9.84. The maximum absolute atomic E-state index is 4.69. The summed E-state index contributed by atoms with van der Waals surface area (Å²) in [6.45, 7) is 7.57. The number of aliphatic imine (C=N–C) groups is 1. The van der Waals surface area contributed by atoms with Crippen LogP contribution in [0.15, 0.2) is 35.0 Å². The van der Waals surface area contributed by atoms with E-state index >= 15 is 0 Å². The highest BCUT2D eigenvalue weighted by Gasteiger charge is 2.25. The average molecular weight is 268 g/mol. The van der Waals surface area contributed by atoms with Gasteiger partial charge in [-0.15, -0.1) is 0 Å². The second-order valence-corrected chi connectivity index (χ2v) is 6.79. The molecule has 0 spiro atoms. The van der Waals surface area contributed by atoms with Gasteiger partial charge in [-0.2, -0.15) is 0 Å². The summed E-state index contributed by atoms with van der Waals surface area (Å²) in [7, 11) is 0. The summed E-state index contributed by atoms with van der Waals surface area (Å²) < 4.78 is 0. The van der Waals surface area contributed by atoms with Gasteiger partial charge in [0.2, 0.25) is 0 Å². The summed E-state index contributed by atoms with van der Waals surface area (Å²) in [6, 6.07) is 8.89. The summed E-state index contributed by atoms with van der Waals surface area (Å²) in [4.78, 5) is 7.08. The smallest absolute Gasteiger partial charge is 0.0898 e. The predicted octanol–water partition coefficient (Wildman–Crippen LogP) is 4.27. The fourth-order valence-corrected chi connectivity index (χ4v) is 3.12. The number of aryl methyl sites for hydroxylation is 1. The van der Waals surface area contributed by atoms with E-state index in [9.17, 15) is 0 Å². The normalized spacial score (nSPS) is 19.2. The van der Waals surface area contributed by atoms with Gasteiger partial charge in [0.05, 0.1) is 11.9 Å². The molecule has 0 aromatic heterocycles. The van der Waals surface area contributed by atoms with Crippen molar-refractivity contribution in [2.75, 3.05) is 6.54 Å². The highest BCUT2D eigenvalue weighted by atomic mass is 15.2. The number of rotatable bonds is 1. The zero-order valence-corrected chi connectivity index (χ0v) is 12.8. The molecule has 2 nitrogen and oxygen atoms in total. The molecule has 0 atom stereocenters. The van der Waals surface area contributed by atoms with Crippen LogP contribution in [-0.2, 0) is 6.42 Å². The Labute approximate surface area is 122 Å². The Bertz CT molecular complexity index is 561. The summed E-state index contributed by atoms with van der Waals surface area (Å²) in [5.74, 6) is 0. The van der Waals surface area contributed by atoms with Crippen molar-refractivity contribution in [3.05, 3.63) is 41.1 Å². The van der Waals surface area contributed by atoms with Gasteiger partial charge in [-0.05, 0) is 63.2 Å². The molecule has 0 bridgehead atoms. The molecule has 1 heterocycles. The molecular formula is C18H24N2. The van der Waals surface area contributed by atoms with Crippen LogP contribution in [0.3, 0.4) is 0 Å². The molecule has 2 aliphatic rings. The Morgan fingerprint density at radius 3 is 2.70 bits per heavy atom. The van der Waals surface area contributed by atoms with Crippen LogP contribution in [0.2, 0.25) is 0 Å². The zero-order valence-electron chi connectivity index (χ0n) is 12.8. The predicted molar refractivity (Wildman–Crippen MR) is 85.9 cm³/mol. The first kappa shape index (κ1) is 13.4. The third-order valence-corrected chi connectivity index (χ3v) is 4.08. The van der Waals surface area contributed by atoms with Crippen LogP contribution in [0, 0.1) is 0 Å². The summed E-state index contributed by atoms with van der Waals surface area (Å²) >= 11 is 0. The number of hydrogen-bond acceptors (Lipinski definition) is 1. The monoisotopic (exact) mass is 268 g/mol. The molecule has 0 amide bonds. The van der Waals surface area contributed by atoms with E-state index in [0.29, 0.717) is 0 Å². The number of hydrogen-bond donors (Lipinski definition) is 0. The molecule has 20 heavy (non-hydrogen) atoms. The minimum atomic E-state index is 0.00471. The molecule has 1 aliphatic heterocycles. The minimum Gasteiger partial charge on any atom is -0.336 e. The molecule has 1 aliphatic carbocycles. The fourth-order valence-electron chi connectivity index (χ4n) is 3.12. The molecule has 0 fully saturated rings. The van der Waals surface area contributed by atoms with E-state index in [2.05, 4.69) is 56.3 Å². The van der Waals surface area contributed by atoms with Crippen molar-refractivity contribution < 1.29 is 0 Å². The van der Waals surface area contributed by atoms with Crippen LogP contribution in [-0.4, -0.2) is 23.3 Å². The largest absolute Gasteiger partial charge is 0.336 e. The van der Waals surface area contributed by atoms with E-state index in [1.54, 1.807) is 5.57 Å². The molecule has 1 aromatic rings. The quantitative estimate of drug-likeness (QED) is 0.548. The highest BCUT2D eigenvalue weighted by molar-refractivity contribution is 5.76. The number of nitrogens with zero attached hydrogens (tertiary/aromatic N) is 2. The van der Waals surface area contributed by atoms with Gasteiger partial charge < -0.3 is 4.90 Å². The van der Waals surface area contributed by atoms with E-state index in [1.165, 1.54) is 29.7 Å². The molecule has 2 heteroatoms. The van der Waals surface area contributed by atoms with Crippen LogP contribution in [0.4, 0.5) is 0 Å². The van der Waals surface area contributed by atoms with Gasteiger partial charge >= 0.3 is 0 Å². The molecular weight excluding hydrogens is 244 g/mol. The van der Waals surface area contributed by atoms with Crippen LogP contribution in [0.1, 0.15) is 51.2 Å². The zero-order chi connectivity index (χ0) is 14.2.